The van der Waals surface area contributed by atoms with Gasteiger partial charge in [-0.05, 0) is 36.8 Å². The molecule has 3 rings (SSSR count). The van der Waals surface area contributed by atoms with Gasteiger partial charge in [0.2, 0.25) is 5.82 Å². The molecule has 0 spiro atoms. The van der Waals surface area contributed by atoms with Gasteiger partial charge in [-0.15, -0.1) is 10.2 Å². The second-order valence-electron chi connectivity index (χ2n) is 4.99. The fourth-order valence-electron chi connectivity index (χ4n) is 2.20. The first-order valence-electron chi connectivity index (χ1n) is 6.97. The Morgan fingerprint density at radius 2 is 1.77 bits per heavy atom. The van der Waals surface area contributed by atoms with Crippen LogP contribution in [-0.4, -0.2) is 27.7 Å². The van der Waals surface area contributed by atoms with E-state index < -0.39 is 0 Å². The van der Waals surface area contributed by atoms with Crippen LogP contribution in [0.15, 0.2) is 48.5 Å². The molecule has 22 heavy (non-hydrogen) atoms. The summed E-state index contributed by atoms with van der Waals surface area (Å²) in [5.41, 5.74) is 3.24. The van der Waals surface area contributed by atoms with Gasteiger partial charge >= 0.3 is 0 Å². The number of hydrogen-bond donors (Lipinski definition) is 2. The highest BCUT2D eigenvalue weighted by molar-refractivity contribution is 5.48. The molecule has 1 atom stereocenters. The number of tetrazole rings is 1. The second-order valence-corrected chi connectivity index (χ2v) is 4.99. The van der Waals surface area contributed by atoms with E-state index in [1.54, 1.807) is 7.11 Å². The first-order valence-corrected chi connectivity index (χ1v) is 6.97. The Morgan fingerprint density at radius 1 is 1.05 bits per heavy atom. The maximum absolute atomic E-state index is 5.20. The molecule has 0 bridgehead atoms. The number of aryl methyl sites for hydroxylation is 1. The van der Waals surface area contributed by atoms with Crippen LogP contribution in [0.4, 0.5) is 5.69 Å². The monoisotopic (exact) mass is 295 g/mol. The molecule has 0 radical (unpaired) electrons. The molecular formula is C16H17N5O. The highest BCUT2D eigenvalue weighted by Crippen LogP contribution is 2.25. The summed E-state index contributed by atoms with van der Waals surface area (Å²) in [4.78, 5) is 0. The number of H-pyrrole nitrogens is 1. The topological polar surface area (TPSA) is 75.7 Å². The molecule has 3 aromatic rings. The fourth-order valence-corrected chi connectivity index (χ4v) is 2.20. The lowest BCUT2D eigenvalue weighted by molar-refractivity contribution is 0.414. The number of nitrogens with one attached hydrogen (secondary N) is 2. The summed E-state index contributed by atoms with van der Waals surface area (Å²) in [6, 6.07) is 15.8. The molecule has 6 nitrogen and oxygen atoms in total. The van der Waals surface area contributed by atoms with E-state index in [0.717, 1.165) is 17.0 Å². The minimum absolute atomic E-state index is 0.188. The minimum atomic E-state index is -0.188. The average Bonchev–Trinajstić information content (AvgIpc) is 3.09. The number of anilines is 1. The van der Waals surface area contributed by atoms with E-state index in [2.05, 4.69) is 45.0 Å². The van der Waals surface area contributed by atoms with Gasteiger partial charge in [-0.25, -0.2) is 0 Å². The maximum atomic E-state index is 5.20. The van der Waals surface area contributed by atoms with Crippen molar-refractivity contribution in [3.8, 4) is 5.75 Å². The van der Waals surface area contributed by atoms with E-state index in [4.69, 9.17) is 4.74 Å². The standard InChI is InChI=1S/C16H17N5O/c1-11-3-7-13(8-4-11)17-15(16-18-20-21-19-16)12-5-9-14(22-2)10-6-12/h3-10,15,17H,1-2H3,(H,18,19,20,21). The molecule has 2 N–H and O–H groups in total. The number of aromatic nitrogens is 4. The predicted molar refractivity (Wildman–Crippen MR) is 83.8 cm³/mol. The third-order valence-electron chi connectivity index (χ3n) is 3.43. The van der Waals surface area contributed by atoms with Crippen molar-refractivity contribution < 1.29 is 4.74 Å². The average molecular weight is 295 g/mol. The molecule has 1 unspecified atom stereocenters. The largest absolute Gasteiger partial charge is 0.497 e. The fraction of sp³-hybridized carbons (Fsp3) is 0.188. The lowest BCUT2D eigenvalue weighted by Gasteiger charge is -2.17. The van der Waals surface area contributed by atoms with Crippen LogP contribution in [0.1, 0.15) is 23.0 Å². The molecule has 112 valence electrons. The van der Waals surface area contributed by atoms with Crippen LogP contribution in [-0.2, 0) is 0 Å². The van der Waals surface area contributed by atoms with Crippen molar-refractivity contribution in [1.29, 1.82) is 0 Å². The smallest absolute Gasteiger partial charge is 0.201 e. The van der Waals surface area contributed by atoms with Gasteiger partial charge in [-0.1, -0.05) is 35.0 Å². The van der Waals surface area contributed by atoms with Crippen LogP contribution >= 0.6 is 0 Å². The zero-order valence-corrected chi connectivity index (χ0v) is 12.4. The van der Waals surface area contributed by atoms with Crippen molar-refractivity contribution in [1.82, 2.24) is 20.6 Å². The Labute approximate surface area is 128 Å². The highest BCUT2D eigenvalue weighted by atomic mass is 16.5. The van der Waals surface area contributed by atoms with Gasteiger partial charge in [0.1, 0.15) is 11.8 Å². The summed E-state index contributed by atoms with van der Waals surface area (Å²) in [6.07, 6.45) is 0. The van der Waals surface area contributed by atoms with Crippen molar-refractivity contribution in [2.45, 2.75) is 13.0 Å². The van der Waals surface area contributed by atoms with Gasteiger partial charge in [-0.3, -0.25) is 0 Å². The van der Waals surface area contributed by atoms with Crippen molar-refractivity contribution in [2.24, 2.45) is 0 Å². The van der Waals surface area contributed by atoms with E-state index >= 15 is 0 Å². The van der Waals surface area contributed by atoms with Crippen LogP contribution in [0.2, 0.25) is 0 Å². The van der Waals surface area contributed by atoms with E-state index in [-0.39, 0.29) is 6.04 Å². The van der Waals surface area contributed by atoms with E-state index in [1.165, 1.54) is 5.56 Å². The van der Waals surface area contributed by atoms with E-state index in [9.17, 15) is 0 Å². The summed E-state index contributed by atoms with van der Waals surface area (Å²) in [5, 5.41) is 17.8. The Hall–Kier alpha value is -2.89. The van der Waals surface area contributed by atoms with Crippen LogP contribution in [0.5, 0.6) is 5.75 Å². The SMILES string of the molecule is COc1ccc(C(Nc2ccc(C)cc2)c2nn[nH]n2)cc1. The second kappa shape index (κ2) is 6.26. The van der Waals surface area contributed by atoms with Gasteiger partial charge in [0.05, 0.1) is 7.11 Å². The van der Waals surface area contributed by atoms with Gasteiger partial charge in [-0.2, -0.15) is 5.21 Å². The summed E-state index contributed by atoms with van der Waals surface area (Å²) in [5.74, 6) is 1.40. The van der Waals surface area contributed by atoms with Crippen molar-refractivity contribution in [2.75, 3.05) is 12.4 Å². The van der Waals surface area contributed by atoms with Crippen LogP contribution in [0.25, 0.3) is 0 Å². The number of rotatable bonds is 5. The van der Waals surface area contributed by atoms with Crippen LogP contribution < -0.4 is 10.1 Å². The Balaban J connectivity index is 1.91. The van der Waals surface area contributed by atoms with Crippen LogP contribution in [0, 0.1) is 6.92 Å². The lowest BCUT2D eigenvalue weighted by Crippen LogP contribution is -2.14. The quantitative estimate of drug-likeness (QED) is 0.757. The third kappa shape index (κ3) is 3.06. The number of benzene rings is 2. The van der Waals surface area contributed by atoms with Crippen molar-refractivity contribution in [3.05, 3.63) is 65.5 Å². The minimum Gasteiger partial charge on any atom is -0.497 e. The molecule has 1 aromatic heterocycles. The number of methoxy groups -OCH3 is 1. The van der Waals surface area contributed by atoms with Crippen LogP contribution in [0.3, 0.4) is 0 Å². The van der Waals surface area contributed by atoms with Crippen molar-refractivity contribution in [3.63, 3.8) is 0 Å². The number of hydrogen-bond acceptors (Lipinski definition) is 5. The zero-order valence-electron chi connectivity index (χ0n) is 12.4. The normalized spacial score (nSPS) is 11.9. The molecule has 0 aliphatic rings. The Morgan fingerprint density at radius 3 is 2.36 bits per heavy atom. The highest BCUT2D eigenvalue weighted by Gasteiger charge is 2.18. The number of nitrogens with zero attached hydrogens (tertiary/aromatic N) is 3. The first-order chi connectivity index (χ1) is 10.8. The Bertz CT molecular complexity index is 707. The van der Waals surface area contributed by atoms with E-state index in [1.807, 2.05) is 36.4 Å². The summed E-state index contributed by atoms with van der Waals surface area (Å²) >= 11 is 0. The molecule has 0 amide bonds. The van der Waals surface area contributed by atoms with Gasteiger partial charge in [0.25, 0.3) is 0 Å². The molecule has 2 aromatic carbocycles. The van der Waals surface area contributed by atoms with Crippen molar-refractivity contribution >= 4 is 5.69 Å². The molecule has 1 heterocycles. The zero-order chi connectivity index (χ0) is 15.4. The van der Waals surface area contributed by atoms with Gasteiger partial charge in [0, 0.05) is 5.69 Å². The summed E-state index contributed by atoms with van der Waals surface area (Å²) < 4.78 is 5.20. The predicted octanol–water partition coefficient (Wildman–Crippen LogP) is 2.72. The molecule has 0 saturated heterocycles. The third-order valence-corrected chi connectivity index (χ3v) is 3.43. The number of ether oxygens (including phenoxy) is 1. The number of aromatic amines is 1. The first kappa shape index (κ1) is 14.1. The molecule has 0 fully saturated rings. The molecule has 0 aliphatic carbocycles. The Kier molecular flexibility index (Phi) is 4.00. The molecular weight excluding hydrogens is 278 g/mol. The molecule has 0 aliphatic heterocycles. The van der Waals surface area contributed by atoms with Gasteiger partial charge < -0.3 is 10.1 Å². The lowest BCUT2D eigenvalue weighted by atomic mass is 10.1. The summed E-state index contributed by atoms with van der Waals surface area (Å²) in [6.45, 7) is 2.06. The van der Waals surface area contributed by atoms with Gasteiger partial charge in [0.15, 0.2) is 0 Å². The maximum Gasteiger partial charge on any atom is 0.201 e. The molecule has 6 heteroatoms. The molecule has 0 saturated carbocycles. The van der Waals surface area contributed by atoms with E-state index in [0.29, 0.717) is 5.82 Å². The summed E-state index contributed by atoms with van der Waals surface area (Å²) in [7, 11) is 1.65.